The van der Waals surface area contributed by atoms with Gasteiger partial charge in [-0.05, 0) is 37.4 Å². The van der Waals surface area contributed by atoms with Crippen LogP contribution in [0.4, 0.5) is 5.82 Å². The number of nitrogens with two attached hydrogens (primary N) is 1. The zero-order valence-corrected chi connectivity index (χ0v) is 13.1. The lowest BCUT2D eigenvalue weighted by atomic mass is 10.2. The summed E-state index contributed by atoms with van der Waals surface area (Å²) in [5.74, 6) is 0.279. The first-order valence-corrected chi connectivity index (χ1v) is 7.02. The van der Waals surface area contributed by atoms with Crippen molar-refractivity contribution in [3.05, 3.63) is 46.3 Å². The van der Waals surface area contributed by atoms with Gasteiger partial charge < -0.3 is 10.6 Å². The summed E-state index contributed by atoms with van der Waals surface area (Å²) in [6.07, 6.45) is 0. The second kappa shape index (κ2) is 7.26. The molecule has 2 heterocycles. The van der Waals surface area contributed by atoms with E-state index in [9.17, 15) is 4.79 Å². The Morgan fingerprint density at radius 2 is 2.10 bits per heavy atom. The average Bonchev–Trinajstić information content (AvgIpc) is 2.87. The summed E-state index contributed by atoms with van der Waals surface area (Å²) in [6.45, 7) is 4.60. The van der Waals surface area contributed by atoms with Crippen molar-refractivity contribution in [3.63, 3.8) is 0 Å². The molecule has 0 bridgehead atoms. The number of thiophene rings is 1. The summed E-state index contributed by atoms with van der Waals surface area (Å²) in [5.41, 5.74) is 6.02. The van der Waals surface area contributed by atoms with Crippen molar-refractivity contribution in [2.45, 2.75) is 26.4 Å². The highest BCUT2D eigenvalue weighted by atomic mass is 35.5. The third kappa shape index (κ3) is 3.95. The Kier molecular flexibility index (Phi) is 5.98. The molecule has 1 amide bonds. The fourth-order valence-corrected chi connectivity index (χ4v) is 2.48. The third-order valence-electron chi connectivity index (χ3n) is 2.78. The Balaban J connectivity index is 0.00000200. The Hall–Kier alpha value is -1.59. The Labute approximate surface area is 129 Å². The van der Waals surface area contributed by atoms with Crippen LogP contribution >= 0.6 is 23.7 Å². The lowest BCUT2D eigenvalue weighted by Crippen LogP contribution is -2.36. The molecule has 0 radical (unpaired) electrons. The van der Waals surface area contributed by atoms with Gasteiger partial charge in [0.25, 0.3) is 5.91 Å². The molecule has 2 N–H and O–H groups in total. The monoisotopic (exact) mass is 311 g/mol. The number of anilines is 1. The molecule has 108 valence electrons. The van der Waals surface area contributed by atoms with Gasteiger partial charge in [0.05, 0.1) is 6.54 Å². The quantitative estimate of drug-likeness (QED) is 0.943. The topological polar surface area (TPSA) is 59.2 Å². The zero-order chi connectivity index (χ0) is 13.8. The smallest absolute Gasteiger partial charge is 0.273 e. The summed E-state index contributed by atoms with van der Waals surface area (Å²) in [4.78, 5) is 19.5. The number of carbonyl (C=O) groups excluding carboxylic acids is 1. The second-order valence-electron chi connectivity index (χ2n) is 4.55. The molecular formula is C14H18ClN3OS. The van der Waals surface area contributed by atoms with Crippen LogP contribution < -0.4 is 5.73 Å². The molecule has 0 saturated carbocycles. The van der Waals surface area contributed by atoms with Crippen molar-refractivity contribution in [1.29, 1.82) is 0 Å². The van der Waals surface area contributed by atoms with E-state index in [1.54, 1.807) is 34.4 Å². The summed E-state index contributed by atoms with van der Waals surface area (Å²) in [6, 6.07) is 9.25. The normalized spacial score (nSPS) is 10.2. The van der Waals surface area contributed by atoms with Gasteiger partial charge >= 0.3 is 0 Å². The molecule has 0 aromatic carbocycles. The zero-order valence-electron chi connectivity index (χ0n) is 11.4. The molecule has 4 nitrogen and oxygen atoms in total. The maximum absolute atomic E-state index is 12.5. The summed E-state index contributed by atoms with van der Waals surface area (Å²) in [5, 5.41) is 2.01. The molecular weight excluding hydrogens is 294 g/mol. The van der Waals surface area contributed by atoms with Gasteiger partial charge in [-0.15, -0.1) is 23.7 Å². The van der Waals surface area contributed by atoms with Crippen molar-refractivity contribution in [2.75, 3.05) is 5.73 Å². The summed E-state index contributed by atoms with van der Waals surface area (Å²) >= 11 is 1.65. The predicted octanol–water partition coefficient (Wildman–Crippen LogP) is 3.20. The highest BCUT2D eigenvalue weighted by molar-refractivity contribution is 7.09. The number of nitrogen functional groups attached to an aromatic ring is 1. The minimum Gasteiger partial charge on any atom is -0.384 e. The molecule has 0 aliphatic rings. The van der Waals surface area contributed by atoms with E-state index >= 15 is 0 Å². The van der Waals surface area contributed by atoms with E-state index < -0.39 is 0 Å². The van der Waals surface area contributed by atoms with Crippen molar-refractivity contribution >= 4 is 35.5 Å². The number of aromatic nitrogens is 1. The summed E-state index contributed by atoms with van der Waals surface area (Å²) < 4.78 is 0. The van der Waals surface area contributed by atoms with E-state index in [0.29, 0.717) is 18.1 Å². The second-order valence-corrected chi connectivity index (χ2v) is 5.59. The van der Waals surface area contributed by atoms with Gasteiger partial charge in [0.1, 0.15) is 11.5 Å². The maximum atomic E-state index is 12.5. The molecule has 0 aliphatic carbocycles. The van der Waals surface area contributed by atoms with Crippen molar-refractivity contribution in [2.24, 2.45) is 0 Å². The fraction of sp³-hybridized carbons (Fsp3) is 0.286. The summed E-state index contributed by atoms with van der Waals surface area (Å²) in [7, 11) is 0. The average molecular weight is 312 g/mol. The van der Waals surface area contributed by atoms with Gasteiger partial charge in [0, 0.05) is 10.9 Å². The van der Waals surface area contributed by atoms with Crippen LogP contribution in [0.3, 0.4) is 0 Å². The van der Waals surface area contributed by atoms with Gasteiger partial charge in [-0.3, -0.25) is 4.79 Å². The number of nitrogens with zero attached hydrogens (tertiary/aromatic N) is 2. The van der Waals surface area contributed by atoms with Crippen LogP contribution in [0.2, 0.25) is 0 Å². The molecule has 0 spiro atoms. The molecule has 6 heteroatoms. The van der Waals surface area contributed by atoms with E-state index in [4.69, 9.17) is 5.73 Å². The van der Waals surface area contributed by atoms with Crippen molar-refractivity contribution in [3.8, 4) is 0 Å². The minimum absolute atomic E-state index is 0. The van der Waals surface area contributed by atoms with E-state index in [1.807, 2.05) is 31.4 Å². The van der Waals surface area contributed by atoms with Crippen LogP contribution in [-0.2, 0) is 6.54 Å². The Bertz CT molecular complexity index is 557. The van der Waals surface area contributed by atoms with Crippen molar-refractivity contribution in [1.82, 2.24) is 9.88 Å². The third-order valence-corrected chi connectivity index (χ3v) is 3.64. The van der Waals surface area contributed by atoms with Crippen molar-refractivity contribution < 1.29 is 4.79 Å². The molecule has 0 aliphatic heterocycles. The van der Waals surface area contributed by atoms with Gasteiger partial charge in [0.15, 0.2) is 0 Å². The fourth-order valence-electron chi connectivity index (χ4n) is 1.78. The molecule has 0 unspecified atom stereocenters. The molecule has 2 aromatic heterocycles. The van der Waals surface area contributed by atoms with Crippen LogP contribution in [0.25, 0.3) is 0 Å². The predicted molar refractivity (Wildman–Crippen MR) is 85.2 cm³/mol. The number of amides is 1. The molecule has 20 heavy (non-hydrogen) atoms. The highest BCUT2D eigenvalue weighted by Crippen LogP contribution is 2.16. The number of hydrogen-bond acceptors (Lipinski definition) is 4. The lowest BCUT2D eigenvalue weighted by Gasteiger charge is -2.26. The molecule has 2 aromatic rings. The maximum Gasteiger partial charge on any atom is 0.273 e. The Morgan fingerprint density at radius 3 is 2.65 bits per heavy atom. The molecule has 0 saturated heterocycles. The van der Waals surface area contributed by atoms with Crippen LogP contribution in [0, 0.1) is 0 Å². The highest BCUT2D eigenvalue weighted by Gasteiger charge is 2.20. The van der Waals surface area contributed by atoms with E-state index in [2.05, 4.69) is 4.98 Å². The van der Waals surface area contributed by atoms with Crippen LogP contribution in [0.15, 0.2) is 35.7 Å². The largest absolute Gasteiger partial charge is 0.384 e. The molecule has 0 fully saturated rings. The van der Waals surface area contributed by atoms with Gasteiger partial charge in [-0.2, -0.15) is 0 Å². The van der Waals surface area contributed by atoms with Crippen LogP contribution in [0.5, 0.6) is 0 Å². The van der Waals surface area contributed by atoms with E-state index in [-0.39, 0.29) is 24.4 Å². The van der Waals surface area contributed by atoms with Gasteiger partial charge in [0.2, 0.25) is 0 Å². The number of rotatable bonds is 4. The number of halogens is 1. The number of pyridine rings is 1. The lowest BCUT2D eigenvalue weighted by molar-refractivity contribution is 0.0686. The van der Waals surface area contributed by atoms with E-state index in [0.717, 1.165) is 4.88 Å². The first-order chi connectivity index (χ1) is 9.08. The minimum atomic E-state index is -0.0873. The first-order valence-electron chi connectivity index (χ1n) is 6.14. The van der Waals surface area contributed by atoms with Gasteiger partial charge in [-0.25, -0.2) is 4.98 Å². The van der Waals surface area contributed by atoms with Crippen LogP contribution in [0.1, 0.15) is 29.2 Å². The SMILES string of the molecule is CC(C)N(Cc1cccs1)C(=O)c1cccc(N)n1.Cl. The van der Waals surface area contributed by atoms with Crippen LogP contribution in [-0.4, -0.2) is 21.8 Å². The standard InChI is InChI=1S/C14H17N3OS.ClH/c1-10(2)17(9-11-5-4-8-19-11)14(18)12-6-3-7-13(15)16-12;/h3-8,10H,9H2,1-2H3,(H2,15,16);1H. The first kappa shape index (κ1) is 16.5. The van der Waals surface area contributed by atoms with E-state index in [1.165, 1.54) is 0 Å². The molecule has 0 atom stereocenters. The Morgan fingerprint density at radius 1 is 1.35 bits per heavy atom. The number of hydrogen-bond donors (Lipinski definition) is 1. The number of carbonyl (C=O) groups is 1. The molecule has 2 rings (SSSR count). The van der Waals surface area contributed by atoms with Gasteiger partial charge in [-0.1, -0.05) is 12.1 Å².